The van der Waals surface area contributed by atoms with Crippen LogP contribution in [-0.2, 0) is 0 Å². The number of amides is 1. The number of Topliss-reactive ketones (excluding diaryl/α,β-unsaturated/α-hetero) is 1. The molecule has 0 spiro atoms. The molecule has 6 heteroatoms. The van der Waals surface area contributed by atoms with Crippen molar-refractivity contribution in [2.75, 3.05) is 5.32 Å². The van der Waals surface area contributed by atoms with Gasteiger partial charge in [0, 0.05) is 11.1 Å². The highest BCUT2D eigenvalue weighted by Gasteiger charge is 2.12. The fourth-order valence-corrected chi connectivity index (χ4v) is 1.91. The third-order valence-electron chi connectivity index (χ3n) is 2.88. The van der Waals surface area contributed by atoms with Gasteiger partial charge in [-0.05, 0) is 37.3 Å². The summed E-state index contributed by atoms with van der Waals surface area (Å²) in [5.74, 6) is -0.818. The average molecular weight is 305 g/mol. The maximum Gasteiger partial charge on any atom is 0.387 e. The number of rotatable bonds is 5. The molecular formula is C16H13F2NO3. The van der Waals surface area contributed by atoms with E-state index in [0.29, 0.717) is 11.3 Å². The van der Waals surface area contributed by atoms with Crippen molar-refractivity contribution < 1.29 is 23.1 Å². The topological polar surface area (TPSA) is 55.4 Å². The lowest BCUT2D eigenvalue weighted by Crippen LogP contribution is -2.14. The van der Waals surface area contributed by atoms with E-state index in [4.69, 9.17) is 0 Å². The fraction of sp³-hybridized carbons (Fsp3) is 0.125. The minimum absolute atomic E-state index is 0.109. The van der Waals surface area contributed by atoms with Gasteiger partial charge in [0.15, 0.2) is 5.78 Å². The van der Waals surface area contributed by atoms with Crippen molar-refractivity contribution in [3.8, 4) is 5.75 Å². The molecule has 0 saturated carbocycles. The summed E-state index contributed by atoms with van der Waals surface area (Å²) in [5, 5.41) is 2.59. The van der Waals surface area contributed by atoms with E-state index in [-0.39, 0.29) is 17.1 Å². The number of carbonyl (C=O) groups is 2. The quantitative estimate of drug-likeness (QED) is 0.856. The largest absolute Gasteiger partial charge is 0.435 e. The Morgan fingerprint density at radius 2 is 1.82 bits per heavy atom. The number of benzene rings is 2. The van der Waals surface area contributed by atoms with Crippen molar-refractivity contribution in [1.29, 1.82) is 0 Å². The van der Waals surface area contributed by atoms with Gasteiger partial charge < -0.3 is 10.1 Å². The van der Waals surface area contributed by atoms with Crippen LogP contribution >= 0.6 is 0 Å². The van der Waals surface area contributed by atoms with Gasteiger partial charge in [-0.3, -0.25) is 9.59 Å². The zero-order chi connectivity index (χ0) is 16.1. The van der Waals surface area contributed by atoms with E-state index >= 15 is 0 Å². The molecule has 1 amide bonds. The summed E-state index contributed by atoms with van der Waals surface area (Å²) in [6, 6.07) is 12.0. The molecule has 0 bridgehead atoms. The number of alkyl halides is 2. The number of carbonyl (C=O) groups excluding carboxylic acids is 2. The minimum atomic E-state index is -2.96. The molecule has 1 N–H and O–H groups in total. The lowest BCUT2D eigenvalue weighted by atomic mass is 10.1. The summed E-state index contributed by atoms with van der Waals surface area (Å²) in [4.78, 5) is 23.7. The van der Waals surface area contributed by atoms with Crippen LogP contribution in [0.25, 0.3) is 0 Å². The van der Waals surface area contributed by atoms with Crippen LogP contribution in [0.1, 0.15) is 27.6 Å². The van der Waals surface area contributed by atoms with Gasteiger partial charge in [0.2, 0.25) is 0 Å². The molecule has 0 aliphatic carbocycles. The van der Waals surface area contributed by atoms with Crippen LogP contribution in [0.2, 0.25) is 0 Å². The van der Waals surface area contributed by atoms with Crippen LogP contribution in [-0.4, -0.2) is 18.3 Å². The van der Waals surface area contributed by atoms with Gasteiger partial charge in [-0.2, -0.15) is 8.78 Å². The summed E-state index contributed by atoms with van der Waals surface area (Å²) in [5.41, 5.74) is 0.882. The van der Waals surface area contributed by atoms with E-state index in [1.165, 1.54) is 31.2 Å². The Hall–Kier alpha value is -2.76. The number of hydrogen-bond donors (Lipinski definition) is 1. The highest BCUT2D eigenvalue weighted by atomic mass is 19.3. The number of ether oxygens (including phenoxy) is 1. The third kappa shape index (κ3) is 3.88. The smallest absolute Gasteiger partial charge is 0.387 e. The SMILES string of the molecule is CC(=O)c1ccccc1NC(=O)c1cccc(OC(F)F)c1. The van der Waals surface area contributed by atoms with E-state index < -0.39 is 12.5 Å². The van der Waals surface area contributed by atoms with E-state index in [1.807, 2.05) is 0 Å². The highest BCUT2D eigenvalue weighted by Crippen LogP contribution is 2.19. The van der Waals surface area contributed by atoms with Crippen LogP contribution in [0.4, 0.5) is 14.5 Å². The molecule has 0 fully saturated rings. The first-order valence-electron chi connectivity index (χ1n) is 6.43. The van der Waals surface area contributed by atoms with Crippen molar-refractivity contribution in [3.05, 3.63) is 59.7 Å². The van der Waals surface area contributed by atoms with Crippen molar-refractivity contribution in [1.82, 2.24) is 0 Å². The maximum atomic E-state index is 12.2. The third-order valence-corrected chi connectivity index (χ3v) is 2.88. The van der Waals surface area contributed by atoms with Gasteiger partial charge in [-0.1, -0.05) is 18.2 Å². The Morgan fingerprint density at radius 3 is 2.50 bits per heavy atom. The van der Waals surface area contributed by atoms with E-state index in [1.54, 1.807) is 24.3 Å². The van der Waals surface area contributed by atoms with Crippen molar-refractivity contribution in [2.45, 2.75) is 13.5 Å². The van der Waals surface area contributed by atoms with E-state index in [9.17, 15) is 18.4 Å². The molecule has 2 rings (SSSR count). The number of halogens is 2. The molecule has 0 unspecified atom stereocenters. The first-order valence-corrected chi connectivity index (χ1v) is 6.43. The van der Waals surface area contributed by atoms with Crippen molar-refractivity contribution >= 4 is 17.4 Å². The normalized spacial score (nSPS) is 10.4. The fourth-order valence-electron chi connectivity index (χ4n) is 1.91. The van der Waals surface area contributed by atoms with Gasteiger partial charge in [0.25, 0.3) is 5.91 Å². The lowest BCUT2D eigenvalue weighted by Gasteiger charge is -2.10. The van der Waals surface area contributed by atoms with Crippen LogP contribution in [0.3, 0.4) is 0 Å². The maximum absolute atomic E-state index is 12.2. The molecule has 2 aromatic carbocycles. The first-order chi connectivity index (χ1) is 10.5. The second kappa shape index (κ2) is 6.80. The molecule has 0 aromatic heterocycles. The molecule has 2 aromatic rings. The minimum Gasteiger partial charge on any atom is -0.435 e. The second-order valence-electron chi connectivity index (χ2n) is 4.46. The van der Waals surface area contributed by atoms with Crippen molar-refractivity contribution in [3.63, 3.8) is 0 Å². The Kier molecular flexibility index (Phi) is 4.83. The molecule has 0 saturated heterocycles. The molecule has 0 aliphatic rings. The number of para-hydroxylation sites is 1. The zero-order valence-corrected chi connectivity index (χ0v) is 11.7. The molecule has 0 heterocycles. The number of hydrogen-bond acceptors (Lipinski definition) is 3. The summed E-state index contributed by atoms with van der Waals surface area (Å²) >= 11 is 0. The predicted octanol–water partition coefficient (Wildman–Crippen LogP) is 3.74. The van der Waals surface area contributed by atoms with Crippen LogP contribution in [0.15, 0.2) is 48.5 Å². The Balaban J connectivity index is 2.21. The van der Waals surface area contributed by atoms with Gasteiger partial charge in [0.05, 0.1) is 5.69 Å². The van der Waals surface area contributed by atoms with Crippen LogP contribution < -0.4 is 10.1 Å². The molecule has 0 aliphatic heterocycles. The number of anilines is 1. The number of nitrogens with one attached hydrogen (secondary N) is 1. The molecule has 22 heavy (non-hydrogen) atoms. The first kappa shape index (κ1) is 15.6. The summed E-state index contributed by atoms with van der Waals surface area (Å²) < 4.78 is 28.6. The van der Waals surface area contributed by atoms with Crippen LogP contribution in [0.5, 0.6) is 5.75 Å². The molecule has 114 valence electrons. The Morgan fingerprint density at radius 1 is 1.09 bits per heavy atom. The van der Waals surface area contributed by atoms with Gasteiger partial charge in [-0.15, -0.1) is 0 Å². The standard InChI is InChI=1S/C16H13F2NO3/c1-10(20)13-7-2-3-8-14(13)19-15(21)11-5-4-6-12(9-11)22-16(17)18/h2-9,16H,1H3,(H,19,21). The Bertz CT molecular complexity index is 701. The average Bonchev–Trinajstić information content (AvgIpc) is 2.47. The monoisotopic (exact) mass is 305 g/mol. The predicted molar refractivity (Wildman–Crippen MR) is 77.5 cm³/mol. The van der Waals surface area contributed by atoms with Crippen molar-refractivity contribution in [2.24, 2.45) is 0 Å². The molecular weight excluding hydrogens is 292 g/mol. The summed E-state index contributed by atoms with van der Waals surface area (Å²) in [7, 11) is 0. The van der Waals surface area contributed by atoms with E-state index in [2.05, 4.69) is 10.1 Å². The molecule has 0 radical (unpaired) electrons. The van der Waals surface area contributed by atoms with E-state index in [0.717, 1.165) is 0 Å². The summed E-state index contributed by atoms with van der Waals surface area (Å²) in [6.45, 7) is -1.57. The lowest BCUT2D eigenvalue weighted by molar-refractivity contribution is -0.0498. The second-order valence-corrected chi connectivity index (χ2v) is 4.46. The Labute approximate surface area is 125 Å². The van der Waals surface area contributed by atoms with Gasteiger partial charge in [0.1, 0.15) is 5.75 Å². The summed E-state index contributed by atoms with van der Waals surface area (Å²) in [6.07, 6.45) is 0. The van der Waals surface area contributed by atoms with Gasteiger partial charge in [-0.25, -0.2) is 0 Å². The van der Waals surface area contributed by atoms with Crippen LogP contribution in [0, 0.1) is 0 Å². The van der Waals surface area contributed by atoms with Gasteiger partial charge >= 0.3 is 6.61 Å². The highest BCUT2D eigenvalue weighted by molar-refractivity contribution is 6.09. The zero-order valence-electron chi connectivity index (χ0n) is 11.7. The molecule has 0 atom stereocenters. The number of ketones is 1. The molecule has 4 nitrogen and oxygen atoms in total.